The van der Waals surface area contributed by atoms with Gasteiger partial charge in [0.05, 0.1) is 0 Å². The summed E-state index contributed by atoms with van der Waals surface area (Å²) >= 11 is 0. The van der Waals surface area contributed by atoms with Crippen molar-refractivity contribution in [1.82, 2.24) is 25.5 Å². The number of amides is 1. The number of aromatic amines is 1. The lowest BCUT2D eigenvalue weighted by atomic mass is 10.2. The summed E-state index contributed by atoms with van der Waals surface area (Å²) < 4.78 is 0. The SMILES string of the molecule is CCCc1cc(C(=O)NCCc2nc(C)c3c(n2)CCC3)n[nH]1. The van der Waals surface area contributed by atoms with Crippen LogP contribution in [0.25, 0.3) is 0 Å². The van der Waals surface area contributed by atoms with Gasteiger partial charge in [-0.25, -0.2) is 9.97 Å². The van der Waals surface area contributed by atoms with Gasteiger partial charge in [0.15, 0.2) is 0 Å². The maximum Gasteiger partial charge on any atom is 0.271 e. The molecule has 0 aromatic carbocycles. The van der Waals surface area contributed by atoms with Crippen LogP contribution >= 0.6 is 0 Å². The smallest absolute Gasteiger partial charge is 0.271 e. The first-order valence-electron chi connectivity index (χ1n) is 8.35. The van der Waals surface area contributed by atoms with Gasteiger partial charge in [-0.05, 0) is 44.2 Å². The summed E-state index contributed by atoms with van der Waals surface area (Å²) in [6, 6.07) is 1.81. The van der Waals surface area contributed by atoms with E-state index in [0.29, 0.717) is 18.7 Å². The van der Waals surface area contributed by atoms with Crippen LogP contribution in [0.1, 0.15) is 58.7 Å². The van der Waals surface area contributed by atoms with Crippen molar-refractivity contribution in [1.29, 1.82) is 0 Å². The Hall–Kier alpha value is -2.24. The van der Waals surface area contributed by atoms with E-state index in [-0.39, 0.29) is 5.91 Å². The lowest BCUT2D eigenvalue weighted by Crippen LogP contribution is -2.26. The minimum absolute atomic E-state index is 0.151. The van der Waals surface area contributed by atoms with Crippen LogP contribution in [0.4, 0.5) is 0 Å². The molecular weight excluding hydrogens is 290 g/mol. The minimum Gasteiger partial charge on any atom is -0.350 e. The zero-order chi connectivity index (χ0) is 16.2. The van der Waals surface area contributed by atoms with Crippen LogP contribution in [0.3, 0.4) is 0 Å². The monoisotopic (exact) mass is 313 g/mol. The van der Waals surface area contributed by atoms with Crippen molar-refractivity contribution < 1.29 is 4.79 Å². The van der Waals surface area contributed by atoms with Crippen LogP contribution in [0.5, 0.6) is 0 Å². The van der Waals surface area contributed by atoms with Crippen molar-refractivity contribution in [2.75, 3.05) is 6.54 Å². The number of aryl methyl sites for hydroxylation is 3. The largest absolute Gasteiger partial charge is 0.350 e. The summed E-state index contributed by atoms with van der Waals surface area (Å²) in [5.74, 6) is 0.665. The van der Waals surface area contributed by atoms with Crippen LogP contribution in [0.15, 0.2) is 6.07 Å². The molecule has 6 heteroatoms. The number of nitrogens with one attached hydrogen (secondary N) is 2. The van der Waals surface area contributed by atoms with E-state index in [1.807, 2.05) is 13.0 Å². The number of aromatic nitrogens is 4. The minimum atomic E-state index is -0.151. The zero-order valence-corrected chi connectivity index (χ0v) is 13.8. The van der Waals surface area contributed by atoms with E-state index < -0.39 is 0 Å². The molecule has 0 bridgehead atoms. The zero-order valence-electron chi connectivity index (χ0n) is 13.8. The van der Waals surface area contributed by atoms with Crippen molar-refractivity contribution in [3.8, 4) is 0 Å². The number of fused-ring (bicyclic) bond motifs is 1. The first kappa shape index (κ1) is 15.6. The molecular formula is C17H23N5O. The highest BCUT2D eigenvalue weighted by Gasteiger charge is 2.17. The average molecular weight is 313 g/mol. The molecule has 1 aliphatic carbocycles. The molecule has 6 nitrogen and oxygen atoms in total. The molecule has 1 amide bonds. The number of carbonyl (C=O) groups is 1. The number of carbonyl (C=O) groups excluding carboxylic acids is 1. The van der Waals surface area contributed by atoms with Crippen LogP contribution in [-0.4, -0.2) is 32.6 Å². The fourth-order valence-corrected chi connectivity index (χ4v) is 3.05. The fourth-order valence-electron chi connectivity index (χ4n) is 3.05. The number of rotatable bonds is 6. The Kier molecular flexibility index (Phi) is 4.69. The third kappa shape index (κ3) is 3.57. The predicted molar refractivity (Wildman–Crippen MR) is 87.4 cm³/mol. The van der Waals surface area contributed by atoms with Gasteiger partial charge in [-0.3, -0.25) is 9.89 Å². The first-order chi connectivity index (χ1) is 11.2. The van der Waals surface area contributed by atoms with E-state index >= 15 is 0 Å². The van der Waals surface area contributed by atoms with Crippen molar-refractivity contribution >= 4 is 5.91 Å². The van der Waals surface area contributed by atoms with Gasteiger partial charge >= 0.3 is 0 Å². The second kappa shape index (κ2) is 6.89. The standard InChI is InChI=1S/C17H23N5O/c1-3-5-12-10-15(22-21-12)17(23)18-9-8-16-19-11(2)13-6-4-7-14(13)20-16/h10H,3-9H2,1-2H3,(H,18,23)(H,21,22). The van der Waals surface area contributed by atoms with E-state index in [1.165, 1.54) is 17.7 Å². The maximum absolute atomic E-state index is 12.1. The second-order valence-electron chi connectivity index (χ2n) is 6.04. The second-order valence-corrected chi connectivity index (χ2v) is 6.04. The molecule has 2 heterocycles. The van der Waals surface area contributed by atoms with E-state index in [1.54, 1.807) is 0 Å². The highest BCUT2D eigenvalue weighted by atomic mass is 16.1. The van der Waals surface area contributed by atoms with Crippen LogP contribution in [-0.2, 0) is 25.7 Å². The van der Waals surface area contributed by atoms with Crippen molar-refractivity contribution in [3.63, 3.8) is 0 Å². The van der Waals surface area contributed by atoms with E-state index in [2.05, 4.69) is 32.4 Å². The molecule has 0 radical (unpaired) electrons. The Bertz CT molecular complexity index is 707. The molecule has 0 atom stereocenters. The third-order valence-corrected chi connectivity index (χ3v) is 4.20. The van der Waals surface area contributed by atoms with Crippen molar-refractivity contribution in [2.24, 2.45) is 0 Å². The normalized spacial score (nSPS) is 13.1. The van der Waals surface area contributed by atoms with E-state index in [4.69, 9.17) is 0 Å². The third-order valence-electron chi connectivity index (χ3n) is 4.20. The van der Waals surface area contributed by atoms with E-state index in [9.17, 15) is 4.79 Å². The molecule has 23 heavy (non-hydrogen) atoms. The number of hydrogen-bond acceptors (Lipinski definition) is 4. The number of hydrogen-bond donors (Lipinski definition) is 2. The lowest BCUT2D eigenvalue weighted by Gasteiger charge is -2.07. The Morgan fingerprint density at radius 1 is 1.30 bits per heavy atom. The Balaban J connectivity index is 1.54. The molecule has 0 spiro atoms. The van der Waals surface area contributed by atoms with Gasteiger partial charge in [-0.2, -0.15) is 5.10 Å². The molecule has 0 saturated carbocycles. The Morgan fingerprint density at radius 3 is 3.00 bits per heavy atom. The summed E-state index contributed by atoms with van der Waals surface area (Å²) in [5, 5.41) is 9.84. The molecule has 0 saturated heterocycles. The molecule has 0 aliphatic heterocycles. The highest BCUT2D eigenvalue weighted by molar-refractivity contribution is 5.92. The van der Waals surface area contributed by atoms with Crippen LogP contribution < -0.4 is 5.32 Å². The van der Waals surface area contributed by atoms with Gasteiger partial charge in [0.2, 0.25) is 0 Å². The molecule has 0 fully saturated rings. The molecule has 3 rings (SSSR count). The molecule has 0 unspecified atom stereocenters. The van der Waals surface area contributed by atoms with E-state index in [0.717, 1.165) is 42.9 Å². The fraction of sp³-hybridized carbons (Fsp3) is 0.529. The average Bonchev–Trinajstić information content (AvgIpc) is 3.17. The van der Waals surface area contributed by atoms with Gasteiger partial charge < -0.3 is 5.32 Å². The summed E-state index contributed by atoms with van der Waals surface area (Å²) in [5.41, 5.74) is 5.04. The molecule has 122 valence electrons. The lowest BCUT2D eigenvalue weighted by molar-refractivity contribution is 0.0949. The Labute approximate surface area is 136 Å². The molecule has 2 N–H and O–H groups in total. The predicted octanol–water partition coefficient (Wildman–Crippen LogP) is 1.92. The van der Waals surface area contributed by atoms with Crippen molar-refractivity contribution in [3.05, 3.63) is 40.2 Å². The highest BCUT2D eigenvalue weighted by Crippen LogP contribution is 2.22. The summed E-state index contributed by atoms with van der Waals surface area (Å²) in [7, 11) is 0. The Morgan fingerprint density at radius 2 is 2.17 bits per heavy atom. The van der Waals surface area contributed by atoms with Gasteiger partial charge in [0.25, 0.3) is 5.91 Å². The van der Waals surface area contributed by atoms with Gasteiger partial charge in [-0.1, -0.05) is 13.3 Å². The van der Waals surface area contributed by atoms with Crippen LogP contribution in [0.2, 0.25) is 0 Å². The van der Waals surface area contributed by atoms with Gasteiger partial charge in [-0.15, -0.1) is 0 Å². The summed E-state index contributed by atoms with van der Waals surface area (Å²) in [6.45, 7) is 4.67. The van der Waals surface area contributed by atoms with Gasteiger partial charge in [0.1, 0.15) is 11.5 Å². The van der Waals surface area contributed by atoms with Crippen LogP contribution in [0, 0.1) is 6.92 Å². The van der Waals surface area contributed by atoms with Crippen molar-refractivity contribution in [2.45, 2.75) is 52.4 Å². The molecule has 2 aromatic rings. The summed E-state index contributed by atoms with van der Waals surface area (Å²) in [4.78, 5) is 21.3. The quantitative estimate of drug-likeness (QED) is 0.853. The summed E-state index contributed by atoms with van der Waals surface area (Å²) in [6.07, 6.45) is 5.89. The topological polar surface area (TPSA) is 83.6 Å². The first-order valence-corrected chi connectivity index (χ1v) is 8.35. The number of nitrogens with zero attached hydrogens (tertiary/aromatic N) is 3. The maximum atomic E-state index is 12.1. The van der Waals surface area contributed by atoms with Gasteiger partial charge in [0, 0.05) is 30.0 Å². The molecule has 2 aromatic heterocycles. The number of H-pyrrole nitrogens is 1. The molecule has 1 aliphatic rings.